The summed E-state index contributed by atoms with van der Waals surface area (Å²) in [5.74, 6) is 1.93. The lowest BCUT2D eigenvalue weighted by molar-refractivity contribution is 0.469. The van der Waals surface area contributed by atoms with Gasteiger partial charge in [-0.2, -0.15) is 0 Å². The van der Waals surface area contributed by atoms with Gasteiger partial charge in [0.15, 0.2) is 0 Å². The highest BCUT2D eigenvalue weighted by Crippen LogP contribution is 2.07. The van der Waals surface area contributed by atoms with Gasteiger partial charge in [-0.3, -0.25) is 0 Å². The van der Waals surface area contributed by atoms with E-state index in [1.54, 1.807) is 0 Å². The van der Waals surface area contributed by atoms with Gasteiger partial charge in [0, 0.05) is 12.5 Å². The average molecular weight is 139 g/mol. The minimum atomic E-state index is 0.186. The molecule has 1 rings (SSSR count). The molecule has 1 aromatic heterocycles. The monoisotopic (exact) mass is 139 g/mol. The zero-order chi connectivity index (χ0) is 7.56. The highest BCUT2D eigenvalue weighted by molar-refractivity contribution is 5.06. The van der Waals surface area contributed by atoms with E-state index in [1.807, 2.05) is 26.0 Å². The fourth-order valence-electron chi connectivity index (χ4n) is 0.912. The van der Waals surface area contributed by atoms with Crippen LogP contribution in [-0.4, -0.2) is 6.04 Å². The first kappa shape index (κ1) is 7.35. The Labute approximate surface area is 61.0 Å². The van der Waals surface area contributed by atoms with E-state index in [4.69, 9.17) is 10.2 Å². The summed E-state index contributed by atoms with van der Waals surface area (Å²) in [7, 11) is 0. The van der Waals surface area contributed by atoms with Crippen LogP contribution in [0.3, 0.4) is 0 Å². The van der Waals surface area contributed by atoms with Crippen molar-refractivity contribution < 1.29 is 4.42 Å². The largest absolute Gasteiger partial charge is 0.466 e. The molecule has 10 heavy (non-hydrogen) atoms. The van der Waals surface area contributed by atoms with Gasteiger partial charge in [-0.15, -0.1) is 0 Å². The van der Waals surface area contributed by atoms with E-state index >= 15 is 0 Å². The molecule has 2 N–H and O–H groups in total. The van der Waals surface area contributed by atoms with Crippen LogP contribution < -0.4 is 5.73 Å². The summed E-state index contributed by atoms with van der Waals surface area (Å²) in [5, 5.41) is 0. The maximum atomic E-state index is 5.57. The van der Waals surface area contributed by atoms with Gasteiger partial charge in [0.25, 0.3) is 0 Å². The van der Waals surface area contributed by atoms with E-state index in [2.05, 4.69) is 0 Å². The van der Waals surface area contributed by atoms with Gasteiger partial charge < -0.3 is 10.2 Å². The molecule has 56 valence electrons. The van der Waals surface area contributed by atoms with E-state index in [1.165, 1.54) is 0 Å². The van der Waals surface area contributed by atoms with Crippen LogP contribution >= 0.6 is 0 Å². The van der Waals surface area contributed by atoms with Crippen molar-refractivity contribution in [1.82, 2.24) is 0 Å². The molecule has 0 saturated heterocycles. The Hall–Kier alpha value is -0.760. The molecule has 0 unspecified atom stereocenters. The van der Waals surface area contributed by atoms with Crippen LogP contribution in [0.2, 0.25) is 0 Å². The molecule has 0 aliphatic rings. The number of aryl methyl sites for hydroxylation is 1. The SMILES string of the molecule is Cc1ccc(C[C@@H](C)N)o1. The van der Waals surface area contributed by atoms with Crippen LogP contribution in [0.5, 0.6) is 0 Å². The topological polar surface area (TPSA) is 39.2 Å². The molecule has 0 amide bonds. The second-order valence-electron chi connectivity index (χ2n) is 2.69. The Morgan fingerprint density at radius 1 is 1.60 bits per heavy atom. The predicted octanol–water partition coefficient (Wildman–Crippen LogP) is 1.48. The van der Waals surface area contributed by atoms with Crippen LogP contribution in [0, 0.1) is 6.92 Å². The Balaban J connectivity index is 2.58. The van der Waals surface area contributed by atoms with Crippen molar-refractivity contribution in [2.45, 2.75) is 26.3 Å². The molecule has 1 atom stereocenters. The van der Waals surface area contributed by atoms with Crippen LogP contribution in [0.25, 0.3) is 0 Å². The standard InChI is InChI=1S/C8H13NO/c1-6(9)5-8-4-3-7(2)10-8/h3-4,6H,5,9H2,1-2H3/t6-/m1/s1. The van der Waals surface area contributed by atoms with E-state index in [0.29, 0.717) is 0 Å². The summed E-state index contributed by atoms with van der Waals surface area (Å²) in [6.07, 6.45) is 0.827. The summed E-state index contributed by atoms with van der Waals surface area (Å²) in [4.78, 5) is 0. The minimum absolute atomic E-state index is 0.186. The van der Waals surface area contributed by atoms with Gasteiger partial charge in [0.05, 0.1) is 0 Å². The minimum Gasteiger partial charge on any atom is -0.466 e. The molecule has 0 bridgehead atoms. The van der Waals surface area contributed by atoms with E-state index < -0.39 is 0 Å². The lowest BCUT2D eigenvalue weighted by Crippen LogP contribution is -2.17. The second-order valence-corrected chi connectivity index (χ2v) is 2.69. The maximum Gasteiger partial charge on any atom is 0.105 e. The molecule has 2 heteroatoms. The van der Waals surface area contributed by atoms with Gasteiger partial charge in [0.2, 0.25) is 0 Å². The van der Waals surface area contributed by atoms with Gasteiger partial charge in [-0.05, 0) is 26.0 Å². The number of rotatable bonds is 2. The van der Waals surface area contributed by atoms with Crippen LogP contribution in [0.4, 0.5) is 0 Å². The number of nitrogens with two attached hydrogens (primary N) is 1. The average Bonchev–Trinajstić information content (AvgIpc) is 2.13. The molecule has 0 spiro atoms. The van der Waals surface area contributed by atoms with Crippen molar-refractivity contribution in [2.24, 2.45) is 5.73 Å². The van der Waals surface area contributed by atoms with Crippen molar-refractivity contribution in [2.75, 3.05) is 0 Å². The summed E-state index contributed by atoms with van der Waals surface area (Å²) >= 11 is 0. The van der Waals surface area contributed by atoms with Crippen molar-refractivity contribution in [3.8, 4) is 0 Å². The van der Waals surface area contributed by atoms with E-state index in [0.717, 1.165) is 17.9 Å². The lowest BCUT2D eigenvalue weighted by atomic mass is 10.2. The van der Waals surface area contributed by atoms with Gasteiger partial charge >= 0.3 is 0 Å². The summed E-state index contributed by atoms with van der Waals surface area (Å²) in [5.41, 5.74) is 5.57. The predicted molar refractivity (Wildman–Crippen MR) is 40.8 cm³/mol. The van der Waals surface area contributed by atoms with E-state index in [9.17, 15) is 0 Å². The Kier molecular flexibility index (Phi) is 2.12. The Morgan fingerprint density at radius 3 is 2.70 bits per heavy atom. The molecule has 0 aromatic carbocycles. The third-order valence-electron chi connectivity index (χ3n) is 1.32. The second kappa shape index (κ2) is 2.88. The first-order valence-electron chi connectivity index (χ1n) is 3.49. The van der Waals surface area contributed by atoms with Gasteiger partial charge in [0.1, 0.15) is 11.5 Å². The lowest BCUT2D eigenvalue weighted by Gasteiger charge is -1.99. The quantitative estimate of drug-likeness (QED) is 0.674. The van der Waals surface area contributed by atoms with Gasteiger partial charge in [-0.25, -0.2) is 0 Å². The molecule has 1 heterocycles. The third-order valence-corrected chi connectivity index (χ3v) is 1.32. The fraction of sp³-hybridized carbons (Fsp3) is 0.500. The van der Waals surface area contributed by atoms with Crippen molar-refractivity contribution >= 4 is 0 Å². The number of hydrogen-bond acceptors (Lipinski definition) is 2. The zero-order valence-corrected chi connectivity index (χ0v) is 6.42. The summed E-state index contributed by atoms with van der Waals surface area (Å²) < 4.78 is 5.31. The first-order valence-corrected chi connectivity index (χ1v) is 3.49. The maximum absolute atomic E-state index is 5.57. The zero-order valence-electron chi connectivity index (χ0n) is 6.42. The van der Waals surface area contributed by atoms with Crippen LogP contribution in [-0.2, 0) is 6.42 Å². The molecule has 0 aliphatic heterocycles. The van der Waals surface area contributed by atoms with Crippen molar-refractivity contribution in [3.63, 3.8) is 0 Å². The number of hydrogen-bond donors (Lipinski definition) is 1. The summed E-state index contributed by atoms with van der Waals surface area (Å²) in [6.45, 7) is 3.91. The molecular formula is C8H13NO. The Morgan fingerprint density at radius 2 is 2.30 bits per heavy atom. The van der Waals surface area contributed by atoms with Crippen molar-refractivity contribution in [1.29, 1.82) is 0 Å². The van der Waals surface area contributed by atoms with Gasteiger partial charge in [-0.1, -0.05) is 0 Å². The van der Waals surface area contributed by atoms with E-state index in [-0.39, 0.29) is 6.04 Å². The first-order chi connectivity index (χ1) is 4.68. The molecule has 2 nitrogen and oxygen atoms in total. The fourth-order valence-corrected chi connectivity index (χ4v) is 0.912. The number of furan rings is 1. The Bertz CT molecular complexity index is 203. The van der Waals surface area contributed by atoms with Crippen molar-refractivity contribution in [3.05, 3.63) is 23.7 Å². The highest BCUT2D eigenvalue weighted by atomic mass is 16.3. The highest BCUT2D eigenvalue weighted by Gasteiger charge is 2.00. The summed E-state index contributed by atoms with van der Waals surface area (Å²) in [6, 6.07) is 4.11. The normalized spacial score (nSPS) is 13.5. The molecule has 1 aromatic rings. The smallest absolute Gasteiger partial charge is 0.105 e. The molecular weight excluding hydrogens is 126 g/mol. The van der Waals surface area contributed by atoms with Crippen LogP contribution in [0.1, 0.15) is 18.4 Å². The van der Waals surface area contributed by atoms with Crippen LogP contribution in [0.15, 0.2) is 16.5 Å². The third kappa shape index (κ3) is 1.88. The molecule has 0 radical (unpaired) electrons. The molecule has 0 fully saturated rings. The molecule has 0 saturated carbocycles. The molecule has 0 aliphatic carbocycles.